The average Bonchev–Trinajstić information content (AvgIpc) is 2.39. The molecule has 1 unspecified atom stereocenters. The molecule has 0 saturated carbocycles. The van der Waals surface area contributed by atoms with E-state index in [1.54, 1.807) is 19.2 Å². The van der Waals surface area contributed by atoms with Gasteiger partial charge in [-0.15, -0.1) is 0 Å². The Morgan fingerprint density at radius 3 is 3.11 bits per heavy atom. The Bertz CT molecular complexity index is 467. The largest absolute Gasteiger partial charge is 0.496 e. The first-order valence-corrected chi connectivity index (χ1v) is 6.49. The Hall–Kier alpha value is -1.30. The molecular formula is C13H17ClN2O3. The highest BCUT2D eigenvalue weighted by molar-refractivity contribution is 6.30. The van der Waals surface area contributed by atoms with Crippen molar-refractivity contribution in [3.05, 3.63) is 28.8 Å². The van der Waals surface area contributed by atoms with E-state index in [1.165, 1.54) is 0 Å². The van der Waals surface area contributed by atoms with Crippen LogP contribution in [0.2, 0.25) is 5.02 Å². The fraction of sp³-hybridized carbons (Fsp3) is 0.462. The van der Waals surface area contributed by atoms with Crippen molar-refractivity contribution in [1.29, 1.82) is 0 Å². The van der Waals surface area contributed by atoms with Crippen molar-refractivity contribution in [3.63, 3.8) is 0 Å². The number of ether oxygens (including phenoxy) is 1. The maximum absolute atomic E-state index is 11.2. The molecular weight excluding hydrogens is 268 g/mol. The van der Waals surface area contributed by atoms with Gasteiger partial charge >= 0.3 is 5.97 Å². The molecule has 1 aromatic carbocycles. The molecule has 0 spiro atoms. The summed E-state index contributed by atoms with van der Waals surface area (Å²) in [6.07, 6.45) is 0. The third-order valence-corrected chi connectivity index (χ3v) is 3.49. The van der Waals surface area contributed by atoms with Crippen molar-refractivity contribution in [3.8, 4) is 5.75 Å². The van der Waals surface area contributed by atoms with Crippen LogP contribution in [0.5, 0.6) is 5.75 Å². The Morgan fingerprint density at radius 2 is 2.42 bits per heavy atom. The lowest BCUT2D eigenvalue weighted by Gasteiger charge is -2.33. The molecule has 1 atom stereocenters. The van der Waals surface area contributed by atoms with Gasteiger partial charge in [0.05, 0.1) is 7.11 Å². The van der Waals surface area contributed by atoms with Crippen LogP contribution in [0.3, 0.4) is 0 Å². The van der Waals surface area contributed by atoms with E-state index in [0.717, 1.165) is 17.9 Å². The van der Waals surface area contributed by atoms with E-state index in [-0.39, 0.29) is 0 Å². The molecule has 5 nitrogen and oxygen atoms in total. The molecule has 0 aliphatic carbocycles. The maximum atomic E-state index is 11.2. The zero-order valence-corrected chi connectivity index (χ0v) is 11.5. The smallest absolute Gasteiger partial charge is 0.322 e. The van der Waals surface area contributed by atoms with Crippen LogP contribution in [0.15, 0.2) is 18.2 Å². The van der Waals surface area contributed by atoms with E-state index in [1.807, 2.05) is 11.0 Å². The van der Waals surface area contributed by atoms with Crippen molar-refractivity contribution >= 4 is 17.6 Å². The van der Waals surface area contributed by atoms with Gasteiger partial charge < -0.3 is 15.2 Å². The number of hydrogen-bond donors (Lipinski definition) is 2. The summed E-state index contributed by atoms with van der Waals surface area (Å²) in [4.78, 5) is 13.2. The summed E-state index contributed by atoms with van der Waals surface area (Å²) in [6, 6.07) is 4.87. The molecule has 104 valence electrons. The normalized spacial score (nSPS) is 20.2. The van der Waals surface area contributed by atoms with E-state index in [4.69, 9.17) is 16.3 Å². The summed E-state index contributed by atoms with van der Waals surface area (Å²) in [5.74, 6) is -0.0831. The first-order valence-electron chi connectivity index (χ1n) is 6.12. The molecule has 2 N–H and O–H groups in total. The maximum Gasteiger partial charge on any atom is 0.322 e. The Morgan fingerprint density at radius 1 is 1.63 bits per heavy atom. The number of halogens is 1. The lowest BCUT2D eigenvalue weighted by Crippen LogP contribution is -2.54. The van der Waals surface area contributed by atoms with Crippen molar-refractivity contribution < 1.29 is 14.6 Å². The third-order valence-electron chi connectivity index (χ3n) is 3.26. The molecule has 0 aromatic heterocycles. The molecule has 0 amide bonds. The fourth-order valence-electron chi connectivity index (χ4n) is 2.27. The van der Waals surface area contributed by atoms with Crippen LogP contribution in [-0.4, -0.2) is 48.8 Å². The summed E-state index contributed by atoms with van der Waals surface area (Å²) in [6.45, 7) is 2.44. The van der Waals surface area contributed by atoms with Gasteiger partial charge in [0.25, 0.3) is 0 Å². The summed E-state index contributed by atoms with van der Waals surface area (Å²) in [5.41, 5.74) is 0.906. The number of carboxylic acid groups (broad SMARTS) is 1. The van der Waals surface area contributed by atoms with Crippen LogP contribution in [-0.2, 0) is 11.3 Å². The number of benzene rings is 1. The zero-order chi connectivity index (χ0) is 13.8. The fourth-order valence-corrected chi connectivity index (χ4v) is 2.46. The minimum absolute atomic E-state index is 0.457. The van der Waals surface area contributed by atoms with Crippen LogP contribution in [0.25, 0.3) is 0 Å². The quantitative estimate of drug-likeness (QED) is 0.870. The van der Waals surface area contributed by atoms with E-state index < -0.39 is 12.0 Å². The van der Waals surface area contributed by atoms with Gasteiger partial charge in [-0.2, -0.15) is 0 Å². The second-order valence-electron chi connectivity index (χ2n) is 4.48. The molecule has 6 heteroatoms. The van der Waals surface area contributed by atoms with Gasteiger partial charge in [-0.25, -0.2) is 0 Å². The first-order chi connectivity index (χ1) is 9.11. The highest BCUT2D eigenvalue weighted by Crippen LogP contribution is 2.25. The Kier molecular flexibility index (Phi) is 4.63. The second kappa shape index (κ2) is 6.23. The topological polar surface area (TPSA) is 61.8 Å². The van der Waals surface area contributed by atoms with Gasteiger partial charge in [0.2, 0.25) is 0 Å². The number of piperazine rings is 1. The van der Waals surface area contributed by atoms with Crippen LogP contribution >= 0.6 is 11.6 Å². The lowest BCUT2D eigenvalue weighted by atomic mass is 10.1. The Labute approximate surface area is 117 Å². The number of carboxylic acids is 1. The van der Waals surface area contributed by atoms with Crippen molar-refractivity contribution in [2.75, 3.05) is 26.7 Å². The van der Waals surface area contributed by atoms with Crippen LogP contribution < -0.4 is 10.1 Å². The van der Waals surface area contributed by atoms with E-state index in [0.29, 0.717) is 24.7 Å². The summed E-state index contributed by atoms with van der Waals surface area (Å²) in [7, 11) is 1.60. The number of methoxy groups -OCH3 is 1. The number of hydrogen-bond acceptors (Lipinski definition) is 4. The number of rotatable bonds is 4. The predicted octanol–water partition coefficient (Wildman–Crippen LogP) is 1.21. The SMILES string of the molecule is COc1ccc(Cl)cc1CN1CCNCC1C(=O)O. The molecule has 1 fully saturated rings. The first kappa shape index (κ1) is 14.1. The molecule has 2 rings (SSSR count). The highest BCUT2D eigenvalue weighted by Gasteiger charge is 2.28. The predicted molar refractivity (Wildman–Crippen MR) is 72.7 cm³/mol. The van der Waals surface area contributed by atoms with Crippen LogP contribution in [0, 0.1) is 0 Å². The minimum atomic E-state index is -0.812. The van der Waals surface area contributed by atoms with Crippen molar-refractivity contribution in [2.24, 2.45) is 0 Å². The molecule has 1 aliphatic rings. The molecule has 0 bridgehead atoms. The summed E-state index contributed by atoms with van der Waals surface area (Å²) in [5, 5.41) is 12.9. The zero-order valence-electron chi connectivity index (χ0n) is 10.7. The number of nitrogens with zero attached hydrogens (tertiary/aromatic N) is 1. The van der Waals surface area contributed by atoms with Gasteiger partial charge in [-0.05, 0) is 18.2 Å². The standard InChI is InChI=1S/C13H17ClN2O3/c1-19-12-3-2-10(14)6-9(12)8-16-5-4-15-7-11(16)13(17)18/h2-3,6,11,15H,4-5,7-8H2,1H3,(H,17,18). The average molecular weight is 285 g/mol. The Balaban J connectivity index is 2.18. The lowest BCUT2D eigenvalue weighted by molar-refractivity contribution is -0.144. The molecule has 0 radical (unpaired) electrons. The van der Waals surface area contributed by atoms with E-state index in [2.05, 4.69) is 5.32 Å². The number of nitrogens with one attached hydrogen (secondary N) is 1. The van der Waals surface area contributed by atoms with Gasteiger partial charge in [0.15, 0.2) is 0 Å². The number of carbonyl (C=O) groups is 1. The summed E-state index contributed by atoms with van der Waals surface area (Å²) < 4.78 is 5.29. The van der Waals surface area contributed by atoms with Crippen LogP contribution in [0.4, 0.5) is 0 Å². The second-order valence-corrected chi connectivity index (χ2v) is 4.92. The highest BCUT2D eigenvalue weighted by atomic mass is 35.5. The van der Waals surface area contributed by atoms with Gasteiger partial charge in [-0.3, -0.25) is 9.69 Å². The minimum Gasteiger partial charge on any atom is -0.496 e. The molecule has 1 saturated heterocycles. The van der Waals surface area contributed by atoms with Gasteiger partial charge in [0, 0.05) is 36.8 Å². The van der Waals surface area contributed by atoms with Gasteiger partial charge in [-0.1, -0.05) is 11.6 Å². The van der Waals surface area contributed by atoms with Crippen LogP contribution in [0.1, 0.15) is 5.56 Å². The van der Waals surface area contributed by atoms with Crippen molar-refractivity contribution in [1.82, 2.24) is 10.2 Å². The number of aliphatic carboxylic acids is 1. The molecule has 1 heterocycles. The van der Waals surface area contributed by atoms with E-state index >= 15 is 0 Å². The molecule has 19 heavy (non-hydrogen) atoms. The monoisotopic (exact) mass is 284 g/mol. The van der Waals surface area contributed by atoms with Crippen molar-refractivity contribution in [2.45, 2.75) is 12.6 Å². The van der Waals surface area contributed by atoms with E-state index in [9.17, 15) is 9.90 Å². The molecule has 1 aromatic rings. The summed E-state index contributed by atoms with van der Waals surface area (Å²) >= 11 is 5.99. The van der Waals surface area contributed by atoms with Gasteiger partial charge in [0.1, 0.15) is 11.8 Å². The third kappa shape index (κ3) is 3.37. The molecule has 1 aliphatic heterocycles.